The van der Waals surface area contributed by atoms with Gasteiger partial charge in [-0.15, -0.1) is 0 Å². The second-order valence-electron chi connectivity index (χ2n) is 6.37. The number of aryl methyl sites for hydroxylation is 1. The van der Waals surface area contributed by atoms with Crippen molar-refractivity contribution >= 4 is 22.6 Å². The first-order valence-electron chi connectivity index (χ1n) is 8.11. The van der Waals surface area contributed by atoms with Crippen LogP contribution in [-0.2, 0) is 16.6 Å². The van der Waals surface area contributed by atoms with Crippen LogP contribution in [0.1, 0.15) is 31.7 Å². The predicted octanol–water partition coefficient (Wildman–Crippen LogP) is 2.11. The van der Waals surface area contributed by atoms with Crippen molar-refractivity contribution in [3.8, 4) is 0 Å². The SMILES string of the molecule is CC(C)(CNc1nc(CCCNC(=O)CO)ns1)c1ccc(F)cc1. The molecule has 2 rings (SSSR count). The van der Waals surface area contributed by atoms with Crippen molar-refractivity contribution in [2.45, 2.75) is 32.1 Å². The van der Waals surface area contributed by atoms with E-state index < -0.39 is 6.61 Å². The van der Waals surface area contributed by atoms with E-state index in [1.807, 2.05) is 0 Å². The number of halogens is 1. The Hall–Kier alpha value is -2.06. The molecular formula is C17H23FN4O2S. The Bertz CT molecular complexity index is 688. The minimum Gasteiger partial charge on any atom is -0.387 e. The predicted molar refractivity (Wildman–Crippen MR) is 96.2 cm³/mol. The summed E-state index contributed by atoms with van der Waals surface area (Å²) in [6, 6.07) is 6.53. The van der Waals surface area contributed by atoms with Gasteiger partial charge in [-0.2, -0.15) is 4.37 Å². The van der Waals surface area contributed by atoms with Gasteiger partial charge in [0.25, 0.3) is 0 Å². The van der Waals surface area contributed by atoms with Crippen LogP contribution in [0.25, 0.3) is 0 Å². The van der Waals surface area contributed by atoms with E-state index in [-0.39, 0.29) is 17.1 Å². The van der Waals surface area contributed by atoms with Gasteiger partial charge < -0.3 is 15.7 Å². The zero-order valence-corrected chi connectivity index (χ0v) is 15.2. The Morgan fingerprint density at radius 2 is 2.04 bits per heavy atom. The number of rotatable bonds is 9. The van der Waals surface area contributed by atoms with Gasteiger partial charge >= 0.3 is 0 Å². The molecule has 25 heavy (non-hydrogen) atoms. The Morgan fingerprint density at radius 1 is 1.32 bits per heavy atom. The number of aliphatic hydroxyl groups excluding tert-OH is 1. The topological polar surface area (TPSA) is 87.1 Å². The molecule has 0 spiro atoms. The van der Waals surface area contributed by atoms with E-state index in [1.54, 1.807) is 12.1 Å². The van der Waals surface area contributed by atoms with Gasteiger partial charge in [0.1, 0.15) is 18.2 Å². The number of amides is 1. The highest BCUT2D eigenvalue weighted by molar-refractivity contribution is 7.09. The lowest BCUT2D eigenvalue weighted by molar-refractivity contribution is -0.123. The molecule has 0 bridgehead atoms. The highest BCUT2D eigenvalue weighted by atomic mass is 32.1. The minimum atomic E-state index is -0.493. The first-order valence-corrected chi connectivity index (χ1v) is 8.88. The summed E-state index contributed by atoms with van der Waals surface area (Å²) in [5.41, 5.74) is 0.874. The van der Waals surface area contributed by atoms with Crippen molar-refractivity contribution < 1.29 is 14.3 Å². The molecule has 8 heteroatoms. The van der Waals surface area contributed by atoms with Crippen LogP contribution < -0.4 is 10.6 Å². The van der Waals surface area contributed by atoms with E-state index in [0.29, 0.717) is 25.9 Å². The number of aliphatic hydroxyl groups is 1. The van der Waals surface area contributed by atoms with E-state index >= 15 is 0 Å². The fraction of sp³-hybridized carbons (Fsp3) is 0.471. The fourth-order valence-electron chi connectivity index (χ4n) is 2.26. The van der Waals surface area contributed by atoms with Crippen LogP contribution >= 0.6 is 11.5 Å². The van der Waals surface area contributed by atoms with Gasteiger partial charge in [-0.05, 0) is 24.1 Å². The lowest BCUT2D eigenvalue weighted by Gasteiger charge is -2.25. The molecule has 0 aliphatic heterocycles. The summed E-state index contributed by atoms with van der Waals surface area (Å²) in [5.74, 6) is 0.110. The number of aromatic nitrogens is 2. The molecule has 0 saturated heterocycles. The number of nitrogens with one attached hydrogen (secondary N) is 2. The second kappa shape index (κ2) is 8.87. The summed E-state index contributed by atoms with van der Waals surface area (Å²) in [5, 5.41) is 15.2. The molecule has 1 heterocycles. The molecule has 2 aromatic rings. The normalized spacial score (nSPS) is 11.4. The summed E-state index contributed by atoms with van der Waals surface area (Å²) in [4.78, 5) is 15.4. The second-order valence-corrected chi connectivity index (χ2v) is 7.12. The van der Waals surface area contributed by atoms with E-state index in [1.165, 1.54) is 23.7 Å². The first-order chi connectivity index (χ1) is 11.9. The number of carbonyl (C=O) groups is 1. The Labute approximate surface area is 150 Å². The van der Waals surface area contributed by atoms with Gasteiger partial charge in [0.05, 0.1) is 0 Å². The fourth-order valence-corrected chi connectivity index (χ4v) is 2.86. The first kappa shape index (κ1) is 19.3. The number of anilines is 1. The van der Waals surface area contributed by atoms with Crippen LogP contribution in [0.15, 0.2) is 24.3 Å². The number of hydrogen-bond donors (Lipinski definition) is 3. The molecule has 136 valence electrons. The average Bonchev–Trinajstić information content (AvgIpc) is 3.05. The van der Waals surface area contributed by atoms with Gasteiger partial charge in [-0.1, -0.05) is 26.0 Å². The van der Waals surface area contributed by atoms with Gasteiger partial charge in [-0.3, -0.25) is 4.79 Å². The maximum absolute atomic E-state index is 13.1. The molecule has 0 unspecified atom stereocenters. The molecule has 0 fully saturated rings. The lowest BCUT2D eigenvalue weighted by atomic mass is 9.85. The van der Waals surface area contributed by atoms with Crippen molar-refractivity contribution in [1.29, 1.82) is 0 Å². The number of hydrogen-bond acceptors (Lipinski definition) is 6. The third kappa shape index (κ3) is 6.06. The third-order valence-electron chi connectivity index (χ3n) is 3.82. The van der Waals surface area contributed by atoms with Crippen LogP contribution in [0.4, 0.5) is 9.52 Å². The Kier molecular flexibility index (Phi) is 6.83. The van der Waals surface area contributed by atoms with Crippen molar-refractivity contribution in [2.75, 3.05) is 25.0 Å². The summed E-state index contributed by atoms with van der Waals surface area (Å²) in [6.07, 6.45) is 1.37. The molecule has 3 N–H and O–H groups in total. The molecule has 0 saturated carbocycles. The molecule has 0 atom stereocenters. The molecule has 6 nitrogen and oxygen atoms in total. The number of benzene rings is 1. The molecule has 0 radical (unpaired) electrons. The molecular weight excluding hydrogens is 343 g/mol. The minimum absolute atomic E-state index is 0.173. The zero-order chi connectivity index (χ0) is 18.3. The third-order valence-corrected chi connectivity index (χ3v) is 4.53. The van der Waals surface area contributed by atoms with Crippen molar-refractivity contribution in [3.05, 3.63) is 41.5 Å². The lowest BCUT2D eigenvalue weighted by Crippen LogP contribution is -2.27. The van der Waals surface area contributed by atoms with Crippen LogP contribution in [0.2, 0.25) is 0 Å². The summed E-state index contributed by atoms with van der Waals surface area (Å²) < 4.78 is 17.3. The molecule has 0 aliphatic rings. The summed E-state index contributed by atoms with van der Waals surface area (Å²) in [6.45, 7) is 4.81. The average molecular weight is 366 g/mol. The maximum Gasteiger partial charge on any atom is 0.245 e. The number of carbonyl (C=O) groups excluding carboxylic acids is 1. The zero-order valence-electron chi connectivity index (χ0n) is 14.4. The maximum atomic E-state index is 13.1. The quantitative estimate of drug-likeness (QED) is 0.592. The van der Waals surface area contributed by atoms with E-state index in [4.69, 9.17) is 5.11 Å². The van der Waals surface area contributed by atoms with Crippen LogP contribution in [0.5, 0.6) is 0 Å². The van der Waals surface area contributed by atoms with Crippen LogP contribution in [-0.4, -0.2) is 40.1 Å². The molecule has 1 aromatic carbocycles. The summed E-state index contributed by atoms with van der Waals surface area (Å²) >= 11 is 1.30. The van der Waals surface area contributed by atoms with Gasteiger partial charge in [0.2, 0.25) is 11.0 Å². The highest BCUT2D eigenvalue weighted by Gasteiger charge is 2.21. The Morgan fingerprint density at radius 3 is 2.72 bits per heavy atom. The largest absolute Gasteiger partial charge is 0.387 e. The van der Waals surface area contributed by atoms with Gasteiger partial charge in [0.15, 0.2) is 0 Å². The Balaban J connectivity index is 1.80. The monoisotopic (exact) mass is 366 g/mol. The molecule has 1 aromatic heterocycles. The van der Waals surface area contributed by atoms with Gasteiger partial charge in [0, 0.05) is 36.5 Å². The smallest absolute Gasteiger partial charge is 0.245 e. The molecule has 0 aliphatic carbocycles. The summed E-state index contributed by atoms with van der Waals surface area (Å²) in [7, 11) is 0. The standard InChI is InChI=1S/C17H23FN4O2S/c1-17(2,12-5-7-13(18)8-6-12)11-20-16-21-14(22-25-16)4-3-9-19-15(24)10-23/h5-8,23H,3-4,9-11H2,1-2H3,(H,19,24)(H,20,21,22). The molecule has 1 amide bonds. The van der Waals surface area contributed by atoms with Crippen LogP contribution in [0.3, 0.4) is 0 Å². The van der Waals surface area contributed by atoms with Crippen molar-refractivity contribution in [3.63, 3.8) is 0 Å². The van der Waals surface area contributed by atoms with Gasteiger partial charge in [-0.25, -0.2) is 9.37 Å². The van der Waals surface area contributed by atoms with Crippen LogP contribution in [0, 0.1) is 5.82 Å². The number of nitrogens with zero attached hydrogens (tertiary/aromatic N) is 2. The van der Waals surface area contributed by atoms with E-state index in [9.17, 15) is 9.18 Å². The van der Waals surface area contributed by atoms with E-state index in [2.05, 4.69) is 33.8 Å². The van der Waals surface area contributed by atoms with Crippen molar-refractivity contribution in [2.24, 2.45) is 0 Å². The van der Waals surface area contributed by atoms with Crippen molar-refractivity contribution in [1.82, 2.24) is 14.7 Å². The van der Waals surface area contributed by atoms with E-state index in [0.717, 1.165) is 16.5 Å². The highest BCUT2D eigenvalue weighted by Crippen LogP contribution is 2.24.